The van der Waals surface area contributed by atoms with E-state index in [9.17, 15) is 34.8 Å². The van der Waals surface area contributed by atoms with Gasteiger partial charge < -0.3 is 56.0 Å². The molecule has 4 aromatic carbocycles. The van der Waals surface area contributed by atoms with Crippen LogP contribution in [0.1, 0.15) is 228 Å². The van der Waals surface area contributed by atoms with Gasteiger partial charge in [0.05, 0.1) is 77.1 Å². The van der Waals surface area contributed by atoms with Gasteiger partial charge in [-0.3, -0.25) is 25.2 Å². The van der Waals surface area contributed by atoms with Crippen LogP contribution in [0.5, 0.6) is 0 Å². The zero-order valence-electron chi connectivity index (χ0n) is 70.1. The molecule has 22 nitrogen and oxygen atoms in total. The molecule has 4 aromatic heterocycles. The molecular formula is C88H127Cl4N15O7. The second-order valence-electron chi connectivity index (χ2n) is 38.2. The Morgan fingerprint density at radius 2 is 0.728 bits per heavy atom. The van der Waals surface area contributed by atoms with Gasteiger partial charge in [-0.15, -0.1) is 0 Å². The van der Waals surface area contributed by atoms with E-state index in [1.54, 1.807) is 24.8 Å². The number of hydrogen-bond acceptors (Lipinski definition) is 13. The molecule has 4 aliphatic heterocycles. The smallest absolute Gasteiger partial charge is 0.317 e. The summed E-state index contributed by atoms with van der Waals surface area (Å²) in [5.74, 6) is 3.65. The number of aromatic amines is 4. The summed E-state index contributed by atoms with van der Waals surface area (Å²) in [4.78, 5) is 45.9. The third-order valence-electron chi connectivity index (χ3n) is 27.5. The summed E-state index contributed by atoms with van der Waals surface area (Å²) in [5.41, 5.74) is 5.42. The minimum absolute atomic E-state index is 0.00531. The average molecular weight is 1650 g/mol. The van der Waals surface area contributed by atoms with Crippen molar-refractivity contribution in [3.8, 4) is 0 Å². The van der Waals surface area contributed by atoms with Crippen LogP contribution in [-0.4, -0.2) is 171 Å². The van der Waals surface area contributed by atoms with E-state index in [0.29, 0.717) is 88.9 Å². The highest BCUT2D eigenvalue weighted by Gasteiger charge is 2.69. The highest BCUT2D eigenvalue weighted by Crippen LogP contribution is 2.69. The Labute approximate surface area is 694 Å². The molecule has 0 bridgehead atoms. The van der Waals surface area contributed by atoms with Crippen molar-refractivity contribution in [2.45, 2.75) is 206 Å². The lowest BCUT2D eigenvalue weighted by atomic mass is 9.68. The highest BCUT2D eigenvalue weighted by atomic mass is 35.5. The molecule has 4 unspecified atom stereocenters. The molecule has 5 amide bonds. The fourth-order valence-corrected chi connectivity index (χ4v) is 19.4. The first-order valence-corrected chi connectivity index (χ1v) is 42.8. The summed E-state index contributed by atoms with van der Waals surface area (Å²) >= 11 is 25.1. The van der Waals surface area contributed by atoms with Crippen LogP contribution in [0.2, 0.25) is 20.1 Å². The van der Waals surface area contributed by atoms with Crippen LogP contribution in [0.3, 0.4) is 0 Å². The van der Waals surface area contributed by atoms with Crippen LogP contribution in [0.4, 0.5) is 9.59 Å². The largest absolute Gasteiger partial charge is 0.388 e. The quantitative estimate of drug-likeness (QED) is 0.0339. The molecule has 2 aliphatic carbocycles. The van der Waals surface area contributed by atoms with Gasteiger partial charge in [0.25, 0.3) is 0 Å². The van der Waals surface area contributed by atoms with E-state index >= 15 is 0 Å². The number of aromatic nitrogens is 8. The summed E-state index contributed by atoms with van der Waals surface area (Å²) < 4.78 is 0. The molecule has 2 saturated carbocycles. The molecule has 8 heterocycles. The predicted octanol–water partition coefficient (Wildman–Crippen LogP) is 18.5. The number of carbonyl (C=O) groups is 3. The zero-order valence-corrected chi connectivity index (χ0v) is 73.1. The van der Waals surface area contributed by atoms with Crippen molar-refractivity contribution in [3.05, 3.63) is 128 Å². The lowest BCUT2D eigenvalue weighted by Crippen LogP contribution is -2.48. The van der Waals surface area contributed by atoms with Gasteiger partial charge in [0.2, 0.25) is 5.91 Å². The minimum Gasteiger partial charge on any atom is -0.388 e. The second-order valence-corrected chi connectivity index (χ2v) is 39.9. The maximum absolute atomic E-state index is 13.1. The van der Waals surface area contributed by atoms with E-state index in [2.05, 4.69) is 172 Å². The first-order chi connectivity index (χ1) is 53.6. The van der Waals surface area contributed by atoms with Gasteiger partial charge in [0.15, 0.2) is 0 Å². The topological polar surface area (TPSA) is 296 Å². The first kappa shape index (κ1) is 87.9. The van der Waals surface area contributed by atoms with Crippen molar-refractivity contribution < 1.29 is 34.8 Å². The monoisotopic (exact) mass is 1650 g/mol. The van der Waals surface area contributed by atoms with Crippen molar-refractivity contribution >= 4 is 108 Å². The zero-order chi connectivity index (χ0) is 82.9. The van der Waals surface area contributed by atoms with Crippen LogP contribution in [0.15, 0.2) is 85.7 Å². The van der Waals surface area contributed by atoms with Crippen LogP contribution >= 0.6 is 46.4 Å². The number of halogens is 4. The number of aliphatic hydroxyl groups excluding tert-OH is 4. The van der Waals surface area contributed by atoms with E-state index in [0.717, 1.165) is 168 Å². The molecule has 0 radical (unpaired) electrons. The number of H-pyrrole nitrogens is 4. The maximum Gasteiger partial charge on any atom is 0.317 e. The number of rotatable bonds is 20. The Hall–Kier alpha value is -6.89. The van der Waals surface area contributed by atoms with Crippen LogP contribution in [-0.2, 0) is 4.79 Å². The summed E-state index contributed by atoms with van der Waals surface area (Å²) in [6.07, 6.45) is 15.3. The Bertz CT molecular complexity index is 4620. The van der Waals surface area contributed by atoms with Crippen molar-refractivity contribution in [2.75, 3.05) is 72.0 Å². The Kier molecular flexibility index (Phi) is 27.3. The van der Waals surface area contributed by atoms with Gasteiger partial charge in [-0.2, -0.15) is 20.4 Å². The molecule has 624 valence electrons. The van der Waals surface area contributed by atoms with E-state index in [1.807, 2.05) is 70.2 Å². The summed E-state index contributed by atoms with van der Waals surface area (Å²) in [7, 11) is 0. The lowest BCUT2D eigenvalue weighted by Gasteiger charge is -2.44. The van der Waals surface area contributed by atoms with Crippen LogP contribution in [0, 0.1) is 73.4 Å². The Morgan fingerprint density at radius 3 is 1.00 bits per heavy atom. The van der Waals surface area contributed by atoms with Crippen molar-refractivity contribution in [2.24, 2.45) is 73.4 Å². The number of hydrogen-bond donors (Lipinski definition) is 11. The molecule has 26 heteroatoms. The molecule has 8 aromatic rings. The molecule has 11 N–H and O–H groups in total. The first-order valence-electron chi connectivity index (χ1n) is 41.3. The lowest BCUT2D eigenvalue weighted by molar-refractivity contribution is -0.136. The van der Waals surface area contributed by atoms with Crippen molar-refractivity contribution in [1.82, 2.24) is 76.3 Å². The summed E-state index contributed by atoms with van der Waals surface area (Å²) in [6.45, 7) is 47.1. The third-order valence-corrected chi connectivity index (χ3v) is 28.4. The van der Waals surface area contributed by atoms with Gasteiger partial charge >= 0.3 is 12.1 Å². The van der Waals surface area contributed by atoms with Gasteiger partial charge in [-0.1, -0.05) is 164 Å². The number of amides is 5. The third kappa shape index (κ3) is 19.4. The molecule has 114 heavy (non-hydrogen) atoms. The van der Waals surface area contributed by atoms with E-state index < -0.39 is 24.4 Å². The van der Waals surface area contributed by atoms with Gasteiger partial charge in [0, 0.05) is 142 Å². The normalized spacial score (nSPS) is 19.5. The van der Waals surface area contributed by atoms with Gasteiger partial charge in [-0.25, -0.2) is 9.59 Å². The molecule has 14 rings (SSSR count). The molecular weight excluding hydrogens is 1520 g/mol. The van der Waals surface area contributed by atoms with Crippen LogP contribution < -0.4 is 16.0 Å². The average Bonchev–Trinajstić information content (AvgIpc) is 1.53. The number of urea groups is 2. The second kappa shape index (κ2) is 35.3. The molecule has 4 atom stereocenters. The maximum atomic E-state index is 13.1. The van der Waals surface area contributed by atoms with E-state index in [-0.39, 0.29) is 55.9 Å². The minimum atomic E-state index is -0.685. The SMILES string of the molecule is C=C(NCC1CC1)N1CCC(C(C)(C)C(O)c2cc(Cl)cc3cn[nH]c23)CC1.CC(C)(C)CNC(=O)N1CCC(C(C)(C)C(O)c2cc(Cl)cc3cn[nH]c23)CC1.CC(C)(C1CCN(C(=O)C2C(C)(C)C2(C)C)CC1)C(O)c1cc(Cl)cc2cn[nH]c12.CCCNC(=O)N1CCC(C(C)(C)C(O)c2cc(Cl)cc3cn[nH]c23)CC1. The number of nitrogens with one attached hydrogen (secondary N) is 7. The van der Waals surface area contributed by atoms with Gasteiger partial charge in [-0.05, 0) is 187 Å². The van der Waals surface area contributed by atoms with Crippen LogP contribution in [0.25, 0.3) is 43.6 Å². The number of benzene rings is 4. The van der Waals surface area contributed by atoms with Crippen molar-refractivity contribution in [3.63, 3.8) is 0 Å². The summed E-state index contributed by atoms with van der Waals surface area (Å²) in [6, 6.07) is 14.8. The summed E-state index contributed by atoms with van der Waals surface area (Å²) in [5, 5.41) is 89.2. The molecule has 0 spiro atoms. The van der Waals surface area contributed by atoms with E-state index in [1.165, 1.54) is 12.8 Å². The van der Waals surface area contributed by atoms with Gasteiger partial charge in [0.1, 0.15) is 0 Å². The predicted molar refractivity (Wildman–Crippen MR) is 459 cm³/mol. The van der Waals surface area contributed by atoms with E-state index in [4.69, 9.17) is 46.4 Å². The molecule has 6 aliphatic rings. The fourth-order valence-electron chi connectivity index (χ4n) is 18.4. The Morgan fingerprint density at radius 1 is 0.447 bits per heavy atom. The number of carbonyl (C=O) groups excluding carboxylic acids is 3. The number of fused-ring (bicyclic) bond motifs is 4. The van der Waals surface area contributed by atoms with Crippen molar-refractivity contribution in [1.29, 1.82) is 0 Å². The number of aliphatic hydroxyl groups is 4. The number of likely N-dealkylation sites (tertiary alicyclic amines) is 4. The highest BCUT2D eigenvalue weighted by molar-refractivity contribution is 6.32. The molecule has 4 saturated heterocycles. The molecule has 6 fully saturated rings. The Balaban J connectivity index is 0.000000150. The number of piperidine rings is 4. The fraction of sp³-hybridized carbons (Fsp3) is 0.625. The standard InChI is InChI=1S/C24H34ClN3O2.C22H33ClN4O2.C22H31ClN4O.C20H29ClN4O2/c1-22(2,20(29)17-12-16(25)11-14-13-26-27-18(14)17)15-7-9-28(10-8-15)21(30)19-23(3,4)24(19,5)6;1-21(2,3)13-24-20(29)27-8-6-15(7-9-27)22(4,5)19(28)17-11-16(23)10-14-12-25-26-18(14)17;1-14(24-12-15-4-5-15)27-8-6-17(7-9-27)22(2,3)21(28)19-11-18(23)10-16-13-25-26-20(16)19;1-4-7-22-19(27)25-8-5-14(6-9-25)20(2,3)18(26)16-11-15(21)10-13-12-23-24-17(13)16/h11-13,15,19-20,29H,7-10H2,1-6H3,(H,26,27);10-12,15,19,28H,6-9,13H2,1-5H3,(H,24,29)(H,25,26);10-11,13,15,17,21,24,28H,1,4-9,12H2,2-3H3,(H,25,26);10-12,14,18,26H,4-9H2,1-3H3,(H,22,27)(H,23,24). The number of nitrogens with zero attached hydrogens (tertiary/aromatic N) is 8.